The second-order valence-corrected chi connectivity index (χ2v) is 7.02. The normalized spacial score (nSPS) is 11.9. The number of unbranched alkanes of at least 4 members (excludes halogenated alkanes) is 12. The van der Waals surface area contributed by atoms with Crippen LogP contribution in [0.5, 0.6) is 0 Å². The molecule has 2 heteroatoms. The molecule has 2 nitrogen and oxygen atoms in total. The summed E-state index contributed by atoms with van der Waals surface area (Å²) in [5.41, 5.74) is 0. The van der Waals surface area contributed by atoms with Gasteiger partial charge in [-0.15, -0.1) is 0 Å². The summed E-state index contributed by atoms with van der Waals surface area (Å²) in [6.07, 6.45) is 22.8. The van der Waals surface area contributed by atoms with Gasteiger partial charge in [0.1, 0.15) is 0 Å². The van der Waals surface area contributed by atoms with Crippen molar-refractivity contribution in [3.63, 3.8) is 0 Å². The van der Waals surface area contributed by atoms with Gasteiger partial charge < -0.3 is 9.84 Å². The minimum absolute atomic E-state index is 0.221. The Balaban J connectivity index is 3.44. The highest BCUT2D eigenvalue weighted by Crippen LogP contribution is 2.15. The van der Waals surface area contributed by atoms with E-state index < -0.39 is 0 Å². The van der Waals surface area contributed by atoms with Crippen LogP contribution in [0.25, 0.3) is 0 Å². The second kappa shape index (κ2) is 20.5. The van der Waals surface area contributed by atoms with Crippen LogP contribution in [0.15, 0.2) is 11.8 Å². The Morgan fingerprint density at radius 2 is 1.21 bits per heavy atom. The molecule has 0 aliphatic carbocycles. The molecule has 0 bridgehead atoms. The molecule has 0 fully saturated rings. The maximum atomic E-state index is 8.96. The third-order valence-electron chi connectivity index (χ3n) is 4.56. The van der Waals surface area contributed by atoms with Crippen molar-refractivity contribution in [1.82, 2.24) is 0 Å². The average Bonchev–Trinajstić information content (AvgIpc) is 2.60. The first kappa shape index (κ1) is 23.5. The van der Waals surface area contributed by atoms with Crippen molar-refractivity contribution >= 4 is 0 Å². The molecule has 0 saturated heterocycles. The van der Waals surface area contributed by atoms with Crippen molar-refractivity contribution < 1.29 is 9.84 Å². The summed E-state index contributed by atoms with van der Waals surface area (Å²) in [6, 6.07) is 0. The number of ether oxygens (including phenoxy) is 1. The van der Waals surface area contributed by atoms with Crippen LogP contribution >= 0.6 is 0 Å². The van der Waals surface area contributed by atoms with E-state index in [-0.39, 0.29) is 6.61 Å². The molecule has 0 unspecified atom stereocenters. The van der Waals surface area contributed by atoms with Gasteiger partial charge in [-0.3, -0.25) is 0 Å². The van der Waals surface area contributed by atoms with Gasteiger partial charge in [0, 0.05) is 13.0 Å². The van der Waals surface area contributed by atoms with Gasteiger partial charge in [0.15, 0.2) is 0 Å². The highest BCUT2D eigenvalue weighted by Gasteiger charge is 1.99. The van der Waals surface area contributed by atoms with Crippen LogP contribution in [-0.4, -0.2) is 18.3 Å². The summed E-state index contributed by atoms with van der Waals surface area (Å²) in [5, 5.41) is 8.96. The molecule has 0 rings (SSSR count). The van der Waals surface area contributed by atoms with Gasteiger partial charge >= 0.3 is 0 Å². The maximum absolute atomic E-state index is 8.96. The number of aliphatic hydroxyl groups excluding tert-OH is 1. The Labute approximate surface area is 152 Å². The van der Waals surface area contributed by atoms with Gasteiger partial charge in [0.05, 0.1) is 12.4 Å². The molecular weight excluding hydrogens is 296 g/mol. The van der Waals surface area contributed by atoms with E-state index in [0.717, 1.165) is 31.6 Å². The number of aliphatic hydroxyl groups is 1. The van der Waals surface area contributed by atoms with Crippen molar-refractivity contribution in [3.05, 3.63) is 11.8 Å². The molecule has 0 heterocycles. The fraction of sp³-hybridized carbons (Fsp3) is 0.909. The van der Waals surface area contributed by atoms with Crippen molar-refractivity contribution in [3.8, 4) is 0 Å². The van der Waals surface area contributed by atoms with Crippen LogP contribution in [-0.2, 0) is 4.74 Å². The first-order valence-electron chi connectivity index (χ1n) is 10.8. The lowest BCUT2D eigenvalue weighted by molar-refractivity contribution is 0.193. The highest BCUT2D eigenvalue weighted by atomic mass is 16.5. The number of allylic oxidation sites excluding steroid dienone is 1. The monoisotopic (exact) mass is 340 g/mol. The molecule has 0 aliphatic rings. The minimum atomic E-state index is 0.221. The van der Waals surface area contributed by atoms with E-state index in [2.05, 4.69) is 19.9 Å². The van der Waals surface area contributed by atoms with Crippen molar-refractivity contribution in [2.45, 2.75) is 117 Å². The van der Waals surface area contributed by atoms with Crippen LogP contribution in [0.3, 0.4) is 0 Å². The molecule has 0 spiro atoms. The molecule has 24 heavy (non-hydrogen) atoms. The van der Waals surface area contributed by atoms with Crippen LogP contribution in [0.2, 0.25) is 0 Å². The smallest absolute Gasteiger partial charge is 0.0920 e. The van der Waals surface area contributed by atoms with Gasteiger partial charge in [-0.2, -0.15) is 0 Å². The summed E-state index contributed by atoms with van der Waals surface area (Å²) < 4.78 is 5.83. The fourth-order valence-electron chi connectivity index (χ4n) is 2.95. The molecule has 0 aliphatic heterocycles. The highest BCUT2D eigenvalue weighted by molar-refractivity contribution is 4.93. The predicted octanol–water partition coefficient (Wildman–Crippen LogP) is 7.16. The quantitative estimate of drug-likeness (QED) is 0.200. The van der Waals surface area contributed by atoms with E-state index in [4.69, 9.17) is 9.84 Å². The molecule has 0 saturated carbocycles. The third-order valence-corrected chi connectivity index (χ3v) is 4.56. The SMILES string of the molecule is CCCCCCCCCCCCCCC(=CCCO)OCCCC. The van der Waals surface area contributed by atoms with Gasteiger partial charge in [0.25, 0.3) is 0 Å². The molecule has 0 amide bonds. The van der Waals surface area contributed by atoms with Gasteiger partial charge in [-0.05, 0) is 25.3 Å². The Kier molecular flexibility index (Phi) is 20.1. The van der Waals surface area contributed by atoms with Crippen molar-refractivity contribution in [2.24, 2.45) is 0 Å². The van der Waals surface area contributed by atoms with E-state index >= 15 is 0 Å². The lowest BCUT2D eigenvalue weighted by Gasteiger charge is -2.10. The van der Waals surface area contributed by atoms with Gasteiger partial charge in [-0.25, -0.2) is 0 Å². The zero-order valence-electron chi connectivity index (χ0n) is 16.7. The molecule has 0 aromatic carbocycles. The lowest BCUT2D eigenvalue weighted by atomic mass is 10.0. The molecule has 144 valence electrons. The molecular formula is C22H44O2. The van der Waals surface area contributed by atoms with Crippen LogP contribution in [0, 0.1) is 0 Å². The second-order valence-electron chi connectivity index (χ2n) is 7.02. The van der Waals surface area contributed by atoms with E-state index in [9.17, 15) is 0 Å². The van der Waals surface area contributed by atoms with E-state index in [0.29, 0.717) is 0 Å². The first-order chi connectivity index (χ1) is 11.8. The summed E-state index contributed by atoms with van der Waals surface area (Å²) in [6.45, 7) is 5.51. The third kappa shape index (κ3) is 17.8. The fourth-order valence-corrected chi connectivity index (χ4v) is 2.95. The van der Waals surface area contributed by atoms with Crippen molar-refractivity contribution in [2.75, 3.05) is 13.2 Å². The summed E-state index contributed by atoms with van der Waals surface area (Å²) >= 11 is 0. The Morgan fingerprint density at radius 1 is 0.708 bits per heavy atom. The van der Waals surface area contributed by atoms with Crippen LogP contribution < -0.4 is 0 Å². The van der Waals surface area contributed by atoms with E-state index in [1.54, 1.807) is 0 Å². The predicted molar refractivity (Wildman–Crippen MR) is 106 cm³/mol. The molecule has 0 aromatic heterocycles. The van der Waals surface area contributed by atoms with Crippen LogP contribution in [0.1, 0.15) is 117 Å². The van der Waals surface area contributed by atoms with E-state index in [1.807, 2.05) is 0 Å². The number of hydrogen-bond donors (Lipinski definition) is 1. The van der Waals surface area contributed by atoms with Gasteiger partial charge in [0.2, 0.25) is 0 Å². The largest absolute Gasteiger partial charge is 0.498 e. The molecule has 0 aromatic rings. The molecule has 1 N–H and O–H groups in total. The Morgan fingerprint density at radius 3 is 1.71 bits per heavy atom. The number of hydrogen-bond acceptors (Lipinski definition) is 2. The van der Waals surface area contributed by atoms with E-state index in [1.165, 1.54) is 83.5 Å². The zero-order chi connectivity index (χ0) is 17.7. The first-order valence-corrected chi connectivity index (χ1v) is 10.8. The minimum Gasteiger partial charge on any atom is -0.498 e. The Hall–Kier alpha value is -0.500. The standard InChI is InChI=1S/C22H44O2/c1-3-5-7-8-9-10-11-12-13-14-15-16-18-22(19-17-20-23)24-21-6-4-2/h19,23H,3-18,20-21H2,1-2H3. The topological polar surface area (TPSA) is 29.5 Å². The van der Waals surface area contributed by atoms with Crippen LogP contribution in [0.4, 0.5) is 0 Å². The summed E-state index contributed by atoms with van der Waals surface area (Å²) in [5.74, 6) is 1.10. The number of rotatable bonds is 19. The zero-order valence-corrected chi connectivity index (χ0v) is 16.7. The lowest BCUT2D eigenvalue weighted by Crippen LogP contribution is -1.96. The van der Waals surface area contributed by atoms with Crippen molar-refractivity contribution in [1.29, 1.82) is 0 Å². The maximum Gasteiger partial charge on any atom is 0.0920 e. The summed E-state index contributed by atoms with van der Waals surface area (Å²) in [7, 11) is 0. The average molecular weight is 341 g/mol. The Bertz CT molecular complexity index is 261. The molecule has 0 radical (unpaired) electrons. The molecule has 0 atom stereocenters. The summed E-state index contributed by atoms with van der Waals surface area (Å²) in [4.78, 5) is 0. The van der Waals surface area contributed by atoms with Gasteiger partial charge in [-0.1, -0.05) is 90.9 Å².